The van der Waals surface area contributed by atoms with E-state index in [1.807, 2.05) is 0 Å². The monoisotopic (exact) mass is 516 g/mol. The van der Waals surface area contributed by atoms with Crippen molar-refractivity contribution in [3.63, 3.8) is 0 Å². The van der Waals surface area contributed by atoms with Gasteiger partial charge in [-0.1, -0.05) is 19.3 Å². The Balaban J connectivity index is 1.16. The molecule has 11 nitrogen and oxygen atoms in total. The average molecular weight is 517 g/mol. The molecule has 0 bridgehead atoms. The molecule has 5 aliphatic heterocycles. The van der Waals surface area contributed by atoms with E-state index in [1.165, 1.54) is 0 Å². The van der Waals surface area contributed by atoms with Crippen LogP contribution in [0, 0.1) is 5.92 Å². The van der Waals surface area contributed by atoms with Crippen molar-refractivity contribution in [3.05, 3.63) is 0 Å². The summed E-state index contributed by atoms with van der Waals surface area (Å²) in [5.41, 5.74) is 0. The van der Waals surface area contributed by atoms with E-state index < -0.39 is 91.6 Å². The van der Waals surface area contributed by atoms with E-state index in [9.17, 15) is 30.6 Å². The fourth-order valence-corrected chi connectivity index (χ4v) is 7.44. The molecule has 5 saturated heterocycles. The fourth-order valence-electron chi connectivity index (χ4n) is 7.44. The van der Waals surface area contributed by atoms with Crippen LogP contribution < -0.4 is 0 Å². The second-order valence-electron chi connectivity index (χ2n) is 11.5. The van der Waals surface area contributed by atoms with Gasteiger partial charge in [0.25, 0.3) is 0 Å². The molecule has 0 spiro atoms. The van der Waals surface area contributed by atoms with Gasteiger partial charge < -0.3 is 54.3 Å². The van der Waals surface area contributed by atoms with Crippen LogP contribution in [0.1, 0.15) is 51.4 Å². The minimum absolute atomic E-state index is 0.131. The van der Waals surface area contributed by atoms with Gasteiger partial charge in [-0.3, -0.25) is 0 Å². The van der Waals surface area contributed by atoms with E-state index in [-0.39, 0.29) is 18.9 Å². The Morgan fingerprint density at radius 3 is 1.69 bits per heavy atom. The van der Waals surface area contributed by atoms with Crippen molar-refractivity contribution in [2.24, 2.45) is 5.92 Å². The Kier molecular flexibility index (Phi) is 7.37. The molecule has 0 aromatic heterocycles. The maximum absolute atomic E-state index is 11.3. The molecule has 6 aliphatic rings. The van der Waals surface area contributed by atoms with Crippen molar-refractivity contribution in [1.29, 1.82) is 0 Å². The summed E-state index contributed by atoms with van der Waals surface area (Å²) in [5.74, 6) is 0.131. The van der Waals surface area contributed by atoms with Gasteiger partial charge in [-0.2, -0.15) is 0 Å². The predicted octanol–water partition coefficient (Wildman–Crippen LogP) is -1.63. The molecule has 0 unspecified atom stereocenters. The minimum atomic E-state index is -1.19. The molecule has 1 aliphatic carbocycles. The normalized spacial score (nSPS) is 55.7. The van der Waals surface area contributed by atoms with Crippen LogP contribution in [0.15, 0.2) is 0 Å². The molecule has 0 aromatic carbocycles. The standard InChI is InChI=1S/C25H40O11/c26-7-6-11-16(27)17(28)22-14(32-11)8-12-13(33-22)9-15-23(34-12)20(31)25-24(35-15)19(30)18(29)21(36-25)10-4-2-1-3-5-10/h10-31H,1-9H2/t11-,12-,13+,14+,15-,16-,17-,18+,19+,20+,21-,22+,23-,24-,25+/m0/s1. The fraction of sp³-hybridized carbons (Fsp3) is 1.00. The average Bonchev–Trinajstić information content (AvgIpc) is 2.89. The minimum Gasteiger partial charge on any atom is -0.396 e. The molecule has 0 amide bonds. The molecule has 0 radical (unpaired) electrons. The van der Waals surface area contributed by atoms with Crippen LogP contribution in [0.5, 0.6) is 0 Å². The molecule has 36 heavy (non-hydrogen) atoms. The third-order valence-electron chi connectivity index (χ3n) is 9.35. The maximum Gasteiger partial charge on any atom is 0.115 e. The van der Waals surface area contributed by atoms with Gasteiger partial charge in [-0.15, -0.1) is 0 Å². The van der Waals surface area contributed by atoms with Crippen LogP contribution in [0.3, 0.4) is 0 Å². The number of ether oxygens (including phenoxy) is 5. The number of hydrogen-bond acceptors (Lipinski definition) is 11. The first-order valence-corrected chi connectivity index (χ1v) is 13.7. The zero-order chi connectivity index (χ0) is 25.1. The first kappa shape index (κ1) is 25.8. The molecule has 6 fully saturated rings. The highest BCUT2D eigenvalue weighted by molar-refractivity contribution is 5.08. The van der Waals surface area contributed by atoms with Gasteiger partial charge in [-0.05, 0) is 25.2 Å². The third kappa shape index (κ3) is 4.34. The molecule has 0 aromatic rings. The Hall–Kier alpha value is -0.440. The summed E-state index contributed by atoms with van der Waals surface area (Å²) in [5, 5.41) is 63.5. The summed E-state index contributed by atoms with van der Waals surface area (Å²) in [6.07, 6.45) is -6.00. The predicted molar refractivity (Wildman–Crippen MR) is 121 cm³/mol. The first-order chi connectivity index (χ1) is 17.4. The number of fused-ring (bicyclic) bond motifs is 4. The lowest BCUT2D eigenvalue weighted by molar-refractivity contribution is -0.360. The van der Waals surface area contributed by atoms with E-state index in [2.05, 4.69) is 0 Å². The molecule has 5 heterocycles. The molecular weight excluding hydrogens is 476 g/mol. The molecule has 11 heteroatoms. The number of hydrogen-bond donors (Lipinski definition) is 6. The highest BCUT2D eigenvalue weighted by Gasteiger charge is 2.60. The zero-order valence-corrected chi connectivity index (χ0v) is 20.3. The summed E-state index contributed by atoms with van der Waals surface area (Å²) in [4.78, 5) is 0. The Morgan fingerprint density at radius 1 is 0.500 bits per heavy atom. The summed E-state index contributed by atoms with van der Waals surface area (Å²) in [6.45, 7) is -0.173. The van der Waals surface area contributed by atoms with Gasteiger partial charge in [0.15, 0.2) is 0 Å². The van der Waals surface area contributed by atoms with Crippen molar-refractivity contribution in [1.82, 2.24) is 0 Å². The van der Waals surface area contributed by atoms with Gasteiger partial charge in [0.05, 0.1) is 36.6 Å². The Labute approximate surface area is 210 Å². The van der Waals surface area contributed by atoms with Crippen molar-refractivity contribution >= 4 is 0 Å². The van der Waals surface area contributed by atoms with Gasteiger partial charge in [0.1, 0.15) is 54.9 Å². The molecular formula is C25H40O11. The molecule has 206 valence electrons. The molecule has 6 N–H and O–H groups in total. The summed E-state index contributed by atoms with van der Waals surface area (Å²) in [6, 6.07) is 0. The van der Waals surface area contributed by atoms with Crippen LogP contribution in [0.2, 0.25) is 0 Å². The van der Waals surface area contributed by atoms with E-state index in [1.54, 1.807) is 0 Å². The van der Waals surface area contributed by atoms with Crippen LogP contribution in [-0.4, -0.2) is 129 Å². The Bertz CT molecular complexity index is 764. The van der Waals surface area contributed by atoms with Gasteiger partial charge in [-0.25, -0.2) is 0 Å². The number of rotatable bonds is 3. The van der Waals surface area contributed by atoms with Crippen molar-refractivity contribution in [2.75, 3.05) is 6.61 Å². The molecule has 15 atom stereocenters. The van der Waals surface area contributed by atoms with E-state index in [0.29, 0.717) is 12.8 Å². The molecule has 6 rings (SSSR count). The topological polar surface area (TPSA) is 168 Å². The maximum atomic E-state index is 11.3. The van der Waals surface area contributed by atoms with E-state index in [0.717, 1.165) is 32.1 Å². The van der Waals surface area contributed by atoms with Gasteiger partial charge in [0, 0.05) is 19.4 Å². The van der Waals surface area contributed by atoms with Crippen molar-refractivity contribution < 1.29 is 54.3 Å². The molecule has 1 saturated carbocycles. The summed E-state index contributed by atoms with van der Waals surface area (Å²) < 4.78 is 30.9. The van der Waals surface area contributed by atoms with Crippen molar-refractivity contribution in [2.45, 2.75) is 143 Å². The smallest absolute Gasteiger partial charge is 0.115 e. The first-order valence-electron chi connectivity index (χ1n) is 13.7. The summed E-state index contributed by atoms with van der Waals surface area (Å²) in [7, 11) is 0. The summed E-state index contributed by atoms with van der Waals surface area (Å²) >= 11 is 0. The highest BCUT2D eigenvalue weighted by Crippen LogP contribution is 2.44. The lowest BCUT2D eigenvalue weighted by Crippen LogP contribution is -2.72. The second-order valence-corrected chi connectivity index (χ2v) is 11.5. The lowest BCUT2D eigenvalue weighted by atomic mass is 9.77. The third-order valence-corrected chi connectivity index (χ3v) is 9.35. The zero-order valence-electron chi connectivity index (χ0n) is 20.3. The Morgan fingerprint density at radius 2 is 1.03 bits per heavy atom. The SMILES string of the molecule is OCC[C@@H]1O[C@@H]2C[C@@H]3O[C@@H]4[C@@H](O)[C@H]5O[C@@H](C6CCCCC6)[C@H](O)[C@@H](O)[C@@H]5O[C@H]4C[C@H]3O[C@H]2[C@@H](O)[C@H]1O. The van der Waals surface area contributed by atoms with Gasteiger partial charge >= 0.3 is 0 Å². The number of aliphatic hydroxyl groups excluding tert-OH is 6. The van der Waals surface area contributed by atoms with Crippen LogP contribution in [-0.2, 0) is 23.7 Å². The van der Waals surface area contributed by atoms with Crippen LogP contribution in [0.4, 0.5) is 0 Å². The van der Waals surface area contributed by atoms with E-state index >= 15 is 0 Å². The van der Waals surface area contributed by atoms with Crippen LogP contribution >= 0.6 is 0 Å². The van der Waals surface area contributed by atoms with Crippen molar-refractivity contribution in [3.8, 4) is 0 Å². The van der Waals surface area contributed by atoms with Gasteiger partial charge in [0.2, 0.25) is 0 Å². The lowest BCUT2D eigenvalue weighted by Gasteiger charge is -2.57. The largest absolute Gasteiger partial charge is 0.396 e. The van der Waals surface area contributed by atoms with Crippen LogP contribution in [0.25, 0.3) is 0 Å². The quantitative estimate of drug-likeness (QED) is 0.255. The second kappa shape index (κ2) is 10.3. The number of aliphatic hydroxyl groups is 6. The highest BCUT2D eigenvalue weighted by atomic mass is 16.6. The van der Waals surface area contributed by atoms with E-state index in [4.69, 9.17) is 23.7 Å².